The average Bonchev–Trinajstić information content (AvgIpc) is 2.93. The van der Waals surface area contributed by atoms with E-state index >= 15 is 0 Å². The first-order valence-corrected chi connectivity index (χ1v) is 8.54. The summed E-state index contributed by atoms with van der Waals surface area (Å²) in [6, 6.07) is 12.0. The Balaban J connectivity index is 1.79. The maximum absolute atomic E-state index is 11.4. The molecule has 1 heterocycles. The second kappa shape index (κ2) is 7.64. The van der Waals surface area contributed by atoms with E-state index in [1.807, 2.05) is 6.07 Å². The number of rotatable bonds is 5. The highest BCUT2D eigenvalue weighted by Crippen LogP contribution is 2.34. The average molecular weight is 436 g/mol. The van der Waals surface area contributed by atoms with Gasteiger partial charge in [-0.3, -0.25) is 4.57 Å². The number of aromatic amines is 1. The van der Waals surface area contributed by atoms with Crippen molar-refractivity contribution in [2.45, 2.75) is 6.61 Å². The highest BCUT2D eigenvalue weighted by atomic mass is 79.9. The smallest absolute Gasteiger partial charge is 0.343 e. The molecule has 0 aliphatic heterocycles. The van der Waals surface area contributed by atoms with Crippen molar-refractivity contribution in [1.29, 1.82) is 5.26 Å². The van der Waals surface area contributed by atoms with Gasteiger partial charge in [0, 0.05) is 18.1 Å². The number of nitriles is 1. The molecule has 132 valence electrons. The summed E-state index contributed by atoms with van der Waals surface area (Å²) < 4.78 is 13.6. The predicted molar refractivity (Wildman–Crippen MR) is 98.5 cm³/mol. The SMILES string of the molecule is Cn1c(COc2ccc(Br)c(Oc3cc(Cl)cc(C#N)c3)c2)n[nH]c1=O. The fourth-order valence-electron chi connectivity index (χ4n) is 2.12. The maximum Gasteiger partial charge on any atom is 0.343 e. The molecule has 2 aromatic carbocycles. The molecule has 0 atom stereocenters. The van der Waals surface area contributed by atoms with Crippen molar-refractivity contribution in [1.82, 2.24) is 14.8 Å². The van der Waals surface area contributed by atoms with Crippen LogP contribution in [0.5, 0.6) is 17.2 Å². The van der Waals surface area contributed by atoms with Gasteiger partial charge in [-0.1, -0.05) is 11.6 Å². The van der Waals surface area contributed by atoms with Crippen molar-refractivity contribution in [3.8, 4) is 23.3 Å². The van der Waals surface area contributed by atoms with Crippen LogP contribution >= 0.6 is 27.5 Å². The number of hydrogen-bond acceptors (Lipinski definition) is 5. The first-order chi connectivity index (χ1) is 12.5. The lowest BCUT2D eigenvalue weighted by Crippen LogP contribution is -2.15. The molecule has 0 aliphatic carbocycles. The van der Waals surface area contributed by atoms with E-state index in [1.54, 1.807) is 43.4 Å². The van der Waals surface area contributed by atoms with E-state index in [-0.39, 0.29) is 12.3 Å². The normalized spacial score (nSPS) is 10.4. The van der Waals surface area contributed by atoms with Gasteiger partial charge in [-0.25, -0.2) is 9.89 Å². The number of benzene rings is 2. The molecule has 0 fully saturated rings. The molecule has 1 aromatic heterocycles. The Hall–Kier alpha value is -2.76. The second-order valence-corrected chi connectivity index (χ2v) is 6.57. The Bertz CT molecular complexity index is 1050. The van der Waals surface area contributed by atoms with Crippen LogP contribution in [0.2, 0.25) is 5.02 Å². The van der Waals surface area contributed by atoms with Crippen LogP contribution in [-0.4, -0.2) is 14.8 Å². The number of halogens is 2. The highest BCUT2D eigenvalue weighted by molar-refractivity contribution is 9.10. The van der Waals surface area contributed by atoms with Gasteiger partial charge in [0.2, 0.25) is 0 Å². The summed E-state index contributed by atoms with van der Waals surface area (Å²) in [6.45, 7) is 0.117. The minimum Gasteiger partial charge on any atom is -0.485 e. The third-order valence-corrected chi connectivity index (χ3v) is 4.34. The lowest BCUT2D eigenvalue weighted by Gasteiger charge is -2.11. The molecule has 0 radical (unpaired) electrons. The fourth-order valence-corrected chi connectivity index (χ4v) is 2.67. The molecular weight excluding hydrogens is 424 g/mol. The Morgan fingerprint density at radius 2 is 2.12 bits per heavy atom. The Morgan fingerprint density at radius 3 is 2.81 bits per heavy atom. The number of nitrogens with one attached hydrogen (secondary N) is 1. The zero-order valence-electron chi connectivity index (χ0n) is 13.5. The summed E-state index contributed by atoms with van der Waals surface area (Å²) in [5, 5.41) is 15.7. The van der Waals surface area contributed by atoms with Crippen LogP contribution in [0.15, 0.2) is 45.7 Å². The number of H-pyrrole nitrogens is 1. The van der Waals surface area contributed by atoms with Crippen molar-refractivity contribution >= 4 is 27.5 Å². The van der Waals surface area contributed by atoms with Gasteiger partial charge in [0.25, 0.3) is 0 Å². The van der Waals surface area contributed by atoms with Gasteiger partial charge in [0.05, 0.1) is 16.1 Å². The van der Waals surface area contributed by atoms with Crippen molar-refractivity contribution < 1.29 is 9.47 Å². The van der Waals surface area contributed by atoms with E-state index in [2.05, 4.69) is 26.1 Å². The van der Waals surface area contributed by atoms with Gasteiger partial charge in [-0.15, -0.1) is 0 Å². The molecule has 7 nitrogen and oxygen atoms in total. The van der Waals surface area contributed by atoms with Crippen molar-refractivity contribution in [3.63, 3.8) is 0 Å². The Kier molecular flexibility index (Phi) is 5.30. The lowest BCUT2D eigenvalue weighted by molar-refractivity contribution is 0.289. The summed E-state index contributed by atoms with van der Waals surface area (Å²) in [6.07, 6.45) is 0. The van der Waals surface area contributed by atoms with Crippen LogP contribution in [0.3, 0.4) is 0 Å². The van der Waals surface area contributed by atoms with Crippen LogP contribution in [0.25, 0.3) is 0 Å². The number of aromatic nitrogens is 3. The minimum atomic E-state index is -0.308. The second-order valence-electron chi connectivity index (χ2n) is 5.27. The molecule has 26 heavy (non-hydrogen) atoms. The third kappa shape index (κ3) is 4.07. The van der Waals surface area contributed by atoms with Crippen molar-refractivity contribution in [3.05, 3.63) is 67.8 Å². The number of ether oxygens (including phenoxy) is 2. The third-order valence-electron chi connectivity index (χ3n) is 3.47. The van der Waals surface area contributed by atoms with E-state index in [4.69, 9.17) is 26.3 Å². The summed E-state index contributed by atoms with van der Waals surface area (Å²) in [4.78, 5) is 11.4. The fraction of sp³-hybridized carbons (Fsp3) is 0.118. The summed E-state index contributed by atoms with van der Waals surface area (Å²) >= 11 is 9.41. The summed E-state index contributed by atoms with van der Waals surface area (Å²) in [7, 11) is 1.60. The van der Waals surface area contributed by atoms with Gasteiger partial charge < -0.3 is 9.47 Å². The molecule has 0 aliphatic rings. The first-order valence-electron chi connectivity index (χ1n) is 7.37. The van der Waals surface area contributed by atoms with E-state index in [0.717, 1.165) is 0 Å². The predicted octanol–water partition coefficient (Wildman–Crippen LogP) is 3.77. The van der Waals surface area contributed by atoms with E-state index < -0.39 is 0 Å². The Labute approximate surface area is 161 Å². The van der Waals surface area contributed by atoms with E-state index in [1.165, 1.54) is 4.57 Å². The minimum absolute atomic E-state index is 0.117. The molecule has 0 bridgehead atoms. The molecule has 3 aromatic rings. The molecule has 0 unspecified atom stereocenters. The maximum atomic E-state index is 11.4. The molecule has 1 N–H and O–H groups in total. The monoisotopic (exact) mass is 434 g/mol. The van der Waals surface area contributed by atoms with Gasteiger partial charge >= 0.3 is 5.69 Å². The quantitative estimate of drug-likeness (QED) is 0.658. The molecule has 0 amide bonds. The first kappa shape index (κ1) is 18.0. The van der Waals surface area contributed by atoms with Crippen LogP contribution in [0, 0.1) is 11.3 Å². The standard InChI is InChI=1S/C17H12BrClN4O3/c1-23-16(21-22-17(23)24)9-25-12-2-3-14(18)15(7-12)26-13-5-10(8-20)4-11(19)6-13/h2-7H,9H2,1H3,(H,22,24). The van der Waals surface area contributed by atoms with Crippen molar-refractivity contribution in [2.75, 3.05) is 0 Å². The zero-order valence-corrected chi connectivity index (χ0v) is 15.8. The number of nitrogens with zero attached hydrogens (tertiary/aromatic N) is 3. The van der Waals surface area contributed by atoms with E-state index in [0.29, 0.717) is 38.1 Å². The lowest BCUT2D eigenvalue weighted by atomic mass is 10.2. The van der Waals surface area contributed by atoms with Crippen LogP contribution in [-0.2, 0) is 13.7 Å². The molecular formula is C17H12BrClN4O3. The van der Waals surface area contributed by atoms with Gasteiger partial charge in [-0.2, -0.15) is 10.4 Å². The van der Waals surface area contributed by atoms with Gasteiger partial charge in [0.15, 0.2) is 5.82 Å². The van der Waals surface area contributed by atoms with Gasteiger partial charge in [-0.05, 0) is 46.3 Å². The molecule has 3 rings (SSSR count). The van der Waals surface area contributed by atoms with Crippen LogP contribution in [0.1, 0.15) is 11.4 Å². The van der Waals surface area contributed by atoms with Crippen molar-refractivity contribution in [2.24, 2.45) is 7.05 Å². The zero-order chi connectivity index (χ0) is 18.7. The van der Waals surface area contributed by atoms with Crippen LogP contribution < -0.4 is 15.2 Å². The highest BCUT2D eigenvalue weighted by Gasteiger charge is 2.09. The largest absolute Gasteiger partial charge is 0.485 e. The topological polar surface area (TPSA) is 92.9 Å². The van der Waals surface area contributed by atoms with Crippen LogP contribution in [0.4, 0.5) is 0 Å². The Morgan fingerprint density at radius 1 is 1.31 bits per heavy atom. The molecule has 0 spiro atoms. The molecule has 0 saturated heterocycles. The molecule has 9 heteroatoms. The molecule has 0 saturated carbocycles. The number of hydrogen-bond donors (Lipinski definition) is 1. The van der Waals surface area contributed by atoms with E-state index in [9.17, 15) is 4.79 Å². The summed E-state index contributed by atoms with van der Waals surface area (Å²) in [5.41, 5.74) is 0.0909. The van der Waals surface area contributed by atoms with Gasteiger partial charge in [0.1, 0.15) is 23.9 Å². The summed E-state index contributed by atoms with van der Waals surface area (Å²) in [5.74, 6) is 1.92.